The van der Waals surface area contributed by atoms with E-state index in [0.717, 1.165) is 11.3 Å². The first-order valence-electron chi connectivity index (χ1n) is 8.74. The molecular formula is C19H25N5O3. The molecule has 0 aliphatic rings. The number of esters is 1. The van der Waals surface area contributed by atoms with E-state index in [2.05, 4.69) is 20.3 Å². The fourth-order valence-corrected chi connectivity index (χ4v) is 2.51. The molecule has 8 heteroatoms. The molecule has 0 atom stereocenters. The lowest BCUT2D eigenvalue weighted by Gasteiger charge is -2.08. The molecule has 27 heavy (non-hydrogen) atoms. The molecule has 0 bridgehead atoms. The van der Waals surface area contributed by atoms with Crippen LogP contribution in [0.25, 0.3) is 0 Å². The zero-order valence-corrected chi connectivity index (χ0v) is 16.0. The minimum absolute atomic E-state index is 0.103. The Bertz CT molecular complexity index is 918. The number of anilines is 1. The predicted octanol–water partition coefficient (Wildman–Crippen LogP) is 2.25. The SMILES string of the molecule is CCOC(=O)CCc1c(C)nc(/N=C(\N)Nc2ccc(C)c(C)c2)[nH]c1=O. The monoisotopic (exact) mass is 371 g/mol. The summed E-state index contributed by atoms with van der Waals surface area (Å²) in [6.07, 6.45) is 0.381. The number of aromatic nitrogens is 2. The van der Waals surface area contributed by atoms with Crippen LogP contribution >= 0.6 is 0 Å². The number of nitrogens with one attached hydrogen (secondary N) is 2. The maximum Gasteiger partial charge on any atom is 0.306 e. The van der Waals surface area contributed by atoms with Crippen molar-refractivity contribution < 1.29 is 9.53 Å². The van der Waals surface area contributed by atoms with Gasteiger partial charge < -0.3 is 15.8 Å². The van der Waals surface area contributed by atoms with Crippen LogP contribution in [0.5, 0.6) is 0 Å². The van der Waals surface area contributed by atoms with Crippen LogP contribution in [0.2, 0.25) is 0 Å². The highest BCUT2D eigenvalue weighted by molar-refractivity contribution is 5.93. The molecule has 0 saturated carbocycles. The highest BCUT2D eigenvalue weighted by Crippen LogP contribution is 2.14. The van der Waals surface area contributed by atoms with Crippen LogP contribution in [0, 0.1) is 20.8 Å². The van der Waals surface area contributed by atoms with Gasteiger partial charge in [-0.2, -0.15) is 4.99 Å². The number of nitrogens with two attached hydrogens (primary N) is 1. The van der Waals surface area contributed by atoms with Gasteiger partial charge >= 0.3 is 5.97 Å². The highest BCUT2D eigenvalue weighted by atomic mass is 16.5. The van der Waals surface area contributed by atoms with Crippen molar-refractivity contribution in [2.45, 2.75) is 40.5 Å². The summed E-state index contributed by atoms with van der Waals surface area (Å²) in [7, 11) is 0. The molecule has 1 heterocycles. The van der Waals surface area contributed by atoms with Crippen LogP contribution in [0.4, 0.5) is 11.6 Å². The molecule has 1 aromatic carbocycles. The number of carbonyl (C=O) groups is 1. The van der Waals surface area contributed by atoms with Crippen molar-refractivity contribution >= 4 is 23.6 Å². The summed E-state index contributed by atoms with van der Waals surface area (Å²) >= 11 is 0. The van der Waals surface area contributed by atoms with Gasteiger partial charge in [0, 0.05) is 17.7 Å². The molecule has 8 nitrogen and oxygen atoms in total. The third kappa shape index (κ3) is 5.67. The molecule has 0 saturated heterocycles. The van der Waals surface area contributed by atoms with Gasteiger partial charge in [-0.3, -0.25) is 14.6 Å². The average molecular weight is 371 g/mol. The summed E-state index contributed by atoms with van der Waals surface area (Å²) in [6.45, 7) is 7.78. The van der Waals surface area contributed by atoms with E-state index in [1.54, 1.807) is 13.8 Å². The van der Waals surface area contributed by atoms with Crippen molar-refractivity contribution in [3.8, 4) is 0 Å². The van der Waals surface area contributed by atoms with Crippen LogP contribution in [-0.4, -0.2) is 28.5 Å². The number of hydrogen-bond donors (Lipinski definition) is 3. The third-order valence-electron chi connectivity index (χ3n) is 4.10. The third-order valence-corrected chi connectivity index (χ3v) is 4.10. The molecule has 4 N–H and O–H groups in total. The van der Waals surface area contributed by atoms with Gasteiger partial charge in [0.2, 0.25) is 11.9 Å². The molecule has 0 radical (unpaired) electrons. The van der Waals surface area contributed by atoms with Gasteiger partial charge in [-0.25, -0.2) is 4.98 Å². The van der Waals surface area contributed by atoms with Crippen LogP contribution in [0.1, 0.15) is 35.7 Å². The first-order valence-corrected chi connectivity index (χ1v) is 8.74. The molecule has 0 unspecified atom stereocenters. The first-order chi connectivity index (χ1) is 12.8. The smallest absolute Gasteiger partial charge is 0.306 e. The van der Waals surface area contributed by atoms with Gasteiger partial charge in [-0.15, -0.1) is 0 Å². The van der Waals surface area contributed by atoms with Crippen molar-refractivity contribution in [2.24, 2.45) is 10.7 Å². The number of ether oxygens (including phenoxy) is 1. The largest absolute Gasteiger partial charge is 0.466 e. The fraction of sp³-hybridized carbons (Fsp3) is 0.368. The number of aliphatic imine (C=N–C) groups is 1. The summed E-state index contributed by atoms with van der Waals surface area (Å²) in [6, 6.07) is 5.83. The number of aromatic amines is 1. The van der Waals surface area contributed by atoms with E-state index in [1.807, 2.05) is 32.0 Å². The van der Waals surface area contributed by atoms with E-state index in [4.69, 9.17) is 10.5 Å². The van der Waals surface area contributed by atoms with E-state index in [1.165, 1.54) is 5.56 Å². The predicted molar refractivity (Wildman–Crippen MR) is 105 cm³/mol. The highest BCUT2D eigenvalue weighted by Gasteiger charge is 2.11. The van der Waals surface area contributed by atoms with Crippen molar-refractivity contribution in [1.29, 1.82) is 0 Å². The molecule has 0 aliphatic carbocycles. The number of aryl methyl sites for hydroxylation is 3. The van der Waals surface area contributed by atoms with Gasteiger partial charge in [0.15, 0.2) is 0 Å². The van der Waals surface area contributed by atoms with Gasteiger partial charge in [0.25, 0.3) is 5.56 Å². The Labute approximate surface area is 157 Å². The fourth-order valence-electron chi connectivity index (χ4n) is 2.51. The van der Waals surface area contributed by atoms with E-state index >= 15 is 0 Å². The number of H-pyrrole nitrogens is 1. The summed E-state index contributed by atoms with van der Waals surface area (Å²) in [5.41, 5.74) is 9.60. The normalized spacial score (nSPS) is 11.3. The molecule has 0 spiro atoms. The van der Waals surface area contributed by atoms with Crippen LogP contribution in [0.3, 0.4) is 0 Å². The van der Waals surface area contributed by atoms with Crippen LogP contribution in [-0.2, 0) is 16.0 Å². The van der Waals surface area contributed by atoms with Gasteiger partial charge in [-0.1, -0.05) is 6.07 Å². The van der Waals surface area contributed by atoms with Crippen molar-refractivity contribution in [2.75, 3.05) is 11.9 Å². The van der Waals surface area contributed by atoms with Crippen molar-refractivity contribution in [3.63, 3.8) is 0 Å². The summed E-state index contributed by atoms with van der Waals surface area (Å²) < 4.78 is 4.87. The van der Waals surface area contributed by atoms with E-state index in [-0.39, 0.29) is 36.3 Å². The van der Waals surface area contributed by atoms with Crippen LogP contribution < -0.4 is 16.6 Å². The number of hydrogen-bond acceptors (Lipinski definition) is 5. The summed E-state index contributed by atoms with van der Waals surface area (Å²) in [4.78, 5) is 34.7. The lowest BCUT2D eigenvalue weighted by atomic mass is 10.1. The van der Waals surface area contributed by atoms with Crippen molar-refractivity contribution in [1.82, 2.24) is 9.97 Å². The van der Waals surface area contributed by atoms with E-state index < -0.39 is 0 Å². The number of rotatable bonds is 6. The molecule has 2 aromatic rings. The van der Waals surface area contributed by atoms with Crippen LogP contribution in [0.15, 0.2) is 28.0 Å². The Hall–Kier alpha value is -3.16. The zero-order valence-electron chi connectivity index (χ0n) is 16.0. The number of guanidine groups is 1. The zero-order chi connectivity index (χ0) is 20.0. The van der Waals surface area contributed by atoms with Gasteiger partial charge in [0.05, 0.1) is 12.3 Å². The summed E-state index contributed by atoms with van der Waals surface area (Å²) in [5, 5.41) is 2.97. The number of nitrogens with zero attached hydrogens (tertiary/aromatic N) is 2. The Morgan fingerprint density at radius 2 is 2.04 bits per heavy atom. The minimum Gasteiger partial charge on any atom is -0.466 e. The maximum absolute atomic E-state index is 12.3. The molecule has 2 rings (SSSR count). The molecule has 0 aliphatic heterocycles. The Balaban J connectivity index is 2.14. The minimum atomic E-state index is -0.347. The van der Waals surface area contributed by atoms with E-state index in [9.17, 15) is 9.59 Å². The lowest BCUT2D eigenvalue weighted by Crippen LogP contribution is -2.23. The quantitative estimate of drug-likeness (QED) is 0.407. The second-order valence-electron chi connectivity index (χ2n) is 6.18. The topological polar surface area (TPSA) is 122 Å². The standard InChI is InChI=1S/C19H25N5O3/c1-5-27-16(25)9-8-15-13(4)21-19(23-17(15)26)24-18(20)22-14-7-6-11(2)12(3)10-14/h6-7,10H,5,8-9H2,1-4H3,(H4,20,21,22,23,24,26). The Morgan fingerprint density at radius 1 is 1.30 bits per heavy atom. The Kier molecular flexibility index (Phi) is 6.70. The van der Waals surface area contributed by atoms with E-state index in [0.29, 0.717) is 17.9 Å². The molecule has 0 amide bonds. The van der Waals surface area contributed by atoms with Crippen molar-refractivity contribution in [3.05, 3.63) is 50.9 Å². The molecule has 144 valence electrons. The van der Waals surface area contributed by atoms with Gasteiger partial charge in [-0.05, 0) is 57.4 Å². The first kappa shape index (κ1) is 20.2. The number of carbonyl (C=O) groups excluding carboxylic acids is 1. The summed E-state index contributed by atoms with van der Waals surface area (Å²) in [5.74, 6) is -0.133. The second-order valence-corrected chi connectivity index (χ2v) is 6.18. The maximum atomic E-state index is 12.3. The second kappa shape index (κ2) is 8.98. The molecule has 1 aromatic heterocycles. The lowest BCUT2D eigenvalue weighted by molar-refractivity contribution is -0.143. The van der Waals surface area contributed by atoms with Gasteiger partial charge in [0.1, 0.15) is 0 Å². The number of benzene rings is 1. The molecular weight excluding hydrogens is 346 g/mol. The average Bonchev–Trinajstić information content (AvgIpc) is 2.57. The molecule has 0 fully saturated rings. The Morgan fingerprint density at radius 3 is 2.67 bits per heavy atom.